The third kappa shape index (κ3) is 1.26. The van der Waals surface area contributed by atoms with Crippen LogP contribution in [0.1, 0.15) is 5.76 Å². The lowest BCUT2D eigenvalue weighted by molar-refractivity contribution is 0.321. The maximum atomic E-state index is 13.1. The first-order valence-electron chi connectivity index (χ1n) is 3.67. The van der Waals surface area contributed by atoms with Gasteiger partial charge in [0.15, 0.2) is 0 Å². The molecular formula is C9H6FNO2. The van der Waals surface area contributed by atoms with Crippen LogP contribution in [0.25, 0.3) is 11.0 Å². The Labute approximate surface area is 73.1 Å². The first-order valence-corrected chi connectivity index (χ1v) is 3.67. The lowest BCUT2D eigenvalue weighted by atomic mass is 10.2. The monoisotopic (exact) mass is 179 g/mol. The Morgan fingerprint density at radius 1 is 1.46 bits per heavy atom. The van der Waals surface area contributed by atoms with Gasteiger partial charge in [-0.3, -0.25) is 0 Å². The maximum absolute atomic E-state index is 13.1. The summed E-state index contributed by atoms with van der Waals surface area (Å²) in [5.41, 5.74) is 0.440. The Morgan fingerprint density at radius 2 is 2.31 bits per heavy atom. The summed E-state index contributed by atoms with van der Waals surface area (Å²) in [6, 6.07) is 6.02. The van der Waals surface area contributed by atoms with Gasteiger partial charge in [-0.25, -0.2) is 4.39 Å². The van der Waals surface area contributed by atoms with E-state index in [1.165, 1.54) is 12.1 Å². The molecule has 1 heterocycles. The van der Waals surface area contributed by atoms with Gasteiger partial charge in [-0.05, 0) is 18.2 Å². The average molecular weight is 179 g/mol. The normalized spacial score (nSPS) is 11.5. The van der Waals surface area contributed by atoms with Crippen molar-refractivity contribution in [3.05, 3.63) is 35.8 Å². The van der Waals surface area contributed by atoms with Gasteiger partial charge in [0.25, 0.3) is 0 Å². The number of hydrogen-bond donors (Lipinski definition) is 1. The van der Waals surface area contributed by atoms with Crippen molar-refractivity contribution in [2.24, 2.45) is 5.16 Å². The van der Waals surface area contributed by atoms with Crippen LogP contribution in [0.15, 0.2) is 33.8 Å². The summed E-state index contributed by atoms with van der Waals surface area (Å²) in [5.74, 6) is -0.0264. The van der Waals surface area contributed by atoms with E-state index in [4.69, 9.17) is 9.62 Å². The zero-order chi connectivity index (χ0) is 9.26. The SMILES string of the molecule is O/N=C/c1cc2c(F)cccc2o1. The Hall–Kier alpha value is -1.84. The van der Waals surface area contributed by atoms with Crippen molar-refractivity contribution >= 4 is 17.2 Å². The number of halogens is 1. The highest BCUT2D eigenvalue weighted by molar-refractivity contribution is 5.86. The van der Waals surface area contributed by atoms with E-state index in [1.807, 2.05) is 0 Å². The molecule has 1 aromatic carbocycles. The number of nitrogens with zero attached hydrogens (tertiary/aromatic N) is 1. The van der Waals surface area contributed by atoms with Crippen molar-refractivity contribution in [3.8, 4) is 0 Å². The molecule has 0 radical (unpaired) electrons. The molecule has 2 rings (SSSR count). The van der Waals surface area contributed by atoms with Gasteiger partial charge in [-0.1, -0.05) is 11.2 Å². The fraction of sp³-hybridized carbons (Fsp3) is 0. The summed E-state index contributed by atoms with van der Waals surface area (Å²) in [6.45, 7) is 0. The smallest absolute Gasteiger partial charge is 0.149 e. The zero-order valence-electron chi connectivity index (χ0n) is 6.57. The van der Waals surface area contributed by atoms with E-state index in [9.17, 15) is 4.39 Å². The molecule has 0 amide bonds. The second-order valence-electron chi connectivity index (χ2n) is 2.54. The van der Waals surface area contributed by atoms with Crippen LogP contribution in [-0.4, -0.2) is 11.4 Å². The molecule has 0 aliphatic heterocycles. The van der Waals surface area contributed by atoms with Gasteiger partial charge in [0.2, 0.25) is 0 Å². The molecule has 0 unspecified atom stereocenters. The molecule has 2 aromatic rings. The minimum absolute atomic E-state index is 0.322. The van der Waals surface area contributed by atoms with E-state index < -0.39 is 0 Å². The fourth-order valence-electron chi connectivity index (χ4n) is 1.17. The van der Waals surface area contributed by atoms with Gasteiger partial charge in [0.05, 0.1) is 5.39 Å². The van der Waals surface area contributed by atoms with Crippen LogP contribution in [0, 0.1) is 5.82 Å². The van der Waals surface area contributed by atoms with Crippen molar-refractivity contribution < 1.29 is 14.0 Å². The highest BCUT2D eigenvalue weighted by Gasteiger charge is 2.05. The minimum atomic E-state index is -0.348. The number of fused-ring (bicyclic) bond motifs is 1. The summed E-state index contributed by atoms with van der Waals surface area (Å²) in [4.78, 5) is 0. The number of benzene rings is 1. The second kappa shape index (κ2) is 2.90. The van der Waals surface area contributed by atoms with Crippen LogP contribution < -0.4 is 0 Å². The molecule has 0 atom stereocenters. The lowest BCUT2D eigenvalue weighted by Crippen LogP contribution is -1.72. The average Bonchev–Trinajstić information content (AvgIpc) is 2.49. The number of furan rings is 1. The van der Waals surface area contributed by atoms with Crippen LogP contribution >= 0.6 is 0 Å². The molecule has 4 heteroatoms. The van der Waals surface area contributed by atoms with Crippen molar-refractivity contribution in [2.45, 2.75) is 0 Å². The molecule has 0 saturated carbocycles. The molecule has 0 spiro atoms. The quantitative estimate of drug-likeness (QED) is 0.415. The zero-order valence-corrected chi connectivity index (χ0v) is 6.57. The topological polar surface area (TPSA) is 45.7 Å². The highest BCUT2D eigenvalue weighted by Crippen LogP contribution is 2.20. The fourth-order valence-corrected chi connectivity index (χ4v) is 1.17. The number of oxime groups is 1. The van der Waals surface area contributed by atoms with Crippen molar-refractivity contribution in [1.82, 2.24) is 0 Å². The Morgan fingerprint density at radius 3 is 3.00 bits per heavy atom. The summed E-state index contributed by atoms with van der Waals surface area (Å²) in [5, 5.41) is 11.4. The van der Waals surface area contributed by atoms with E-state index in [-0.39, 0.29) is 5.82 Å². The Balaban J connectivity index is 2.68. The van der Waals surface area contributed by atoms with E-state index >= 15 is 0 Å². The summed E-state index contributed by atoms with van der Waals surface area (Å²) in [6.07, 6.45) is 1.11. The molecule has 13 heavy (non-hydrogen) atoms. The van der Waals surface area contributed by atoms with Crippen molar-refractivity contribution in [2.75, 3.05) is 0 Å². The first-order chi connectivity index (χ1) is 6.31. The van der Waals surface area contributed by atoms with Crippen LogP contribution in [0.5, 0.6) is 0 Å². The first kappa shape index (κ1) is 7.79. The Bertz CT molecular complexity index is 462. The number of hydrogen-bond acceptors (Lipinski definition) is 3. The highest BCUT2D eigenvalue weighted by atomic mass is 19.1. The van der Waals surface area contributed by atoms with Gasteiger partial charge < -0.3 is 9.62 Å². The molecule has 0 bridgehead atoms. The van der Waals surface area contributed by atoms with Gasteiger partial charge in [-0.2, -0.15) is 0 Å². The third-order valence-corrected chi connectivity index (χ3v) is 1.71. The van der Waals surface area contributed by atoms with Crippen molar-refractivity contribution in [3.63, 3.8) is 0 Å². The van der Waals surface area contributed by atoms with E-state index in [1.54, 1.807) is 12.1 Å². The van der Waals surface area contributed by atoms with Crippen LogP contribution in [-0.2, 0) is 0 Å². The van der Waals surface area contributed by atoms with Crippen LogP contribution in [0.3, 0.4) is 0 Å². The molecule has 1 aromatic heterocycles. The van der Waals surface area contributed by atoms with Crippen LogP contribution in [0.2, 0.25) is 0 Å². The van der Waals surface area contributed by atoms with E-state index in [2.05, 4.69) is 5.16 Å². The number of rotatable bonds is 1. The summed E-state index contributed by atoms with van der Waals surface area (Å²) in [7, 11) is 0. The van der Waals surface area contributed by atoms with E-state index in [0.717, 1.165) is 6.21 Å². The molecule has 0 fully saturated rings. The molecule has 1 N–H and O–H groups in total. The standard InChI is InChI=1S/C9H6FNO2/c10-8-2-1-3-9-7(8)4-6(13-9)5-11-12/h1-5,12H/b11-5+. The van der Waals surface area contributed by atoms with Gasteiger partial charge in [-0.15, -0.1) is 0 Å². The minimum Gasteiger partial charge on any atom is -0.455 e. The van der Waals surface area contributed by atoms with Crippen molar-refractivity contribution in [1.29, 1.82) is 0 Å². The second-order valence-corrected chi connectivity index (χ2v) is 2.54. The molecule has 0 aliphatic rings. The molecule has 0 aliphatic carbocycles. The van der Waals surface area contributed by atoms with Gasteiger partial charge >= 0.3 is 0 Å². The molecular weight excluding hydrogens is 173 g/mol. The van der Waals surface area contributed by atoms with Crippen LogP contribution in [0.4, 0.5) is 4.39 Å². The largest absolute Gasteiger partial charge is 0.455 e. The summed E-state index contributed by atoms with van der Waals surface area (Å²) >= 11 is 0. The lowest BCUT2D eigenvalue weighted by Gasteiger charge is -1.87. The predicted molar refractivity (Wildman–Crippen MR) is 45.6 cm³/mol. The summed E-state index contributed by atoms with van der Waals surface area (Å²) < 4.78 is 18.2. The maximum Gasteiger partial charge on any atom is 0.149 e. The third-order valence-electron chi connectivity index (χ3n) is 1.71. The van der Waals surface area contributed by atoms with Gasteiger partial charge in [0.1, 0.15) is 23.4 Å². The molecule has 3 nitrogen and oxygen atoms in total. The Kier molecular flexibility index (Phi) is 1.73. The predicted octanol–water partition coefficient (Wildman–Crippen LogP) is 2.38. The van der Waals surface area contributed by atoms with E-state index in [0.29, 0.717) is 16.7 Å². The van der Waals surface area contributed by atoms with Gasteiger partial charge in [0, 0.05) is 0 Å². The molecule has 0 saturated heterocycles. The molecule has 66 valence electrons.